The van der Waals surface area contributed by atoms with Crippen LogP contribution in [0.15, 0.2) is 36.4 Å². The summed E-state index contributed by atoms with van der Waals surface area (Å²) >= 11 is 11.8. The van der Waals surface area contributed by atoms with E-state index in [2.05, 4.69) is 5.32 Å². The molecule has 0 saturated carbocycles. The maximum absolute atomic E-state index is 13.0. The van der Waals surface area contributed by atoms with Gasteiger partial charge in [-0.1, -0.05) is 23.2 Å². The van der Waals surface area contributed by atoms with E-state index in [9.17, 15) is 9.18 Å². The molecule has 0 fully saturated rings. The zero-order valence-corrected chi connectivity index (χ0v) is 11.5. The van der Waals surface area contributed by atoms with Crippen LogP contribution < -0.4 is 5.32 Å². The largest absolute Gasteiger partial charge is 0.321 e. The predicted molar refractivity (Wildman–Crippen MR) is 75.6 cm³/mol. The fourth-order valence-corrected chi connectivity index (χ4v) is 2.00. The Morgan fingerprint density at radius 1 is 1.16 bits per heavy atom. The van der Waals surface area contributed by atoms with Crippen molar-refractivity contribution in [2.75, 3.05) is 5.32 Å². The van der Waals surface area contributed by atoms with E-state index in [4.69, 9.17) is 23.2 Å². The Hall–Kier alpha value is -1.58. The van der Waals surface area contributed by atoms with Crippen LogP contribution >= 0.6 is 23.2 Å². The Labute approximate surface area is 120 Å². The number of carbonyl (C=O) groups is 1. The molecule has 2 rings (SSSR count). The first-order valence-corrected chi connectivity index (χ1v) is 6.25. The Bertz CT molecular complexity index is 643. The maximum Gasteiger partial charge on any atom is 0.255 e. The van der Waals surface area contributed by atoms with E-state index in [-0.39, 0.29) is 11.7 Å². The summed E-state index contributed by atoms with van der Waals surface area (Å²) in [5, 5.41) is 3.50. The van der Waals surface area contributed by atoms with E-state index in [1.54, 1.807) is 25.1 Å². The van der Waals surface area contributed by atoms with Crippen molar-refractivity contribution in [3.05, 3.63) is 63.4 Å². The van der Waals surface area contributed by atoms with Gasteiger partial charge in [0.2, 0.25) is 0 Å². The summed E-state index contributed by atoms with van der Waals surface area (Å²) < 4.78 is 13.0. The van der Waals surface area contributed by atoms with Gasteiger partial charge in [0.1, 0.15) is 5.82 Å². The molecule has 0 saturated heterocycles. The molecule has 0 atom stereocenters. The molecular weight excluding hydrogens is 288 g/mol. The minimum Gasteiger partial charge on any atom is -0.321 e. The van der Waals surface area contributed by atoms with Gasteiger partial charge in [0.15, 0.2) is 0 Å². The van der Waals surface area contributed by atoms with Crippen LogP contribution in [-0.2, 0) is 0 Å². The molecule has 0 aliphatic carbocycles. The molecule has 0 radical (unpaired) electrons. The average molecular weight is 298 g/mol. The lowest BCUT2D eigenvalue weighted by atomic mass is 10.1. The molecule has 0 bridgehead atoms. The highest BCUT2D eigenvalue weighted by Gasteiger charge is 2.11. The van der Waals surface area contributed by atoms with Gasteiger partial charge in [-0.05, 0) is 48.9 Å². The number of benzene rings is 2. The predicted octanol–water partition coefficient (Wildman–Crippen LogP) is 4.69. The van der Waals surface area contributed by atoms with Gasteiger partial charge in [-0.15, -0.1) is 0 Å². The van der Waals surface area contributed by atoms with Gasteiger partial charge in [0.25, 0.3) is 5.91 Å². The number of carbonyl (C=O) groups excluding carboxylic acids is 1. The molecule has 0 spiro atoms. The monoisotopic (exact) mass is 297 g/mol. The molecule has 2 nitrogen and oxygen atoms in total. The second kappa shape index (κ2) is 5.59. The minimum atomic E-state index is -0.380. The van der Waals surface area contributed by atoms with Gasteiger partial charge in [-0.2, -0.15) is 0 Å². The zero-order valence-electron chi connectivity index (χ0n) is 10.0. The van der Waals surface area contributed by atoms with Crippen molar-refractivity contribution in [3.8, 4) is 0 Å². The number of hydrogen-bond acceptors (Lipinski definition) is 1. The summed E-state index contributed by atoms with van der Waals surface area (Å²) in [7, 11) is 0. The van der Waals surface area contributed by atoms with E-state index in [1.807, 2.05) is 0 Å². The first-order valence-electron chi connectivity index (χ1n) is 5.50. The lowest BCUT2D eigenvalue weighted by Gasteiger charge is -2.09. The quantitative estimate of drug-likeness (QED) is 0.856. The van der Waals surface area contributed by atoms with E-state index in [0.29, 0.717) is 26.9 Å². The fourth-order valence-electron chi connectivity index (χ4n) is 1.66. The van der Waals surface area contributed by atoms with E-state index >= 15 is 0 Å². The highest BCUT2D eigenvalue weighted by atomic mass is 35.5. The van der Waals surface area contributed by atoms with E-state index in [0.717, 1.165) is 0 Å². The Morgan fingerprint density at radius 2 is 1.89 bits per heavy atom. The Kier molecular flexibility index (Phi) is 4.08. The first-order chi connectivity index (χ1) is 8.97. The number of rotatable bonds is 2. The van der Waals surface area contributed by atoms with Crippen molar-refractivity contribution in [1.82, 2.24) is 0 Å². The number of nitrogens with one attached hydrogen (secondary N) is 1. The van der Waals surface area contributed by atoms with Crippen LogP contribution in [0.4, 0.5) is 10.1 Å². The Balaban J connectivity index is 2.28. The third-order valence-electron chi connectivity index (χ3n) is 2.61. The molecule has 2 aromatic carbocycles. The molecule has 1 amide bonds. The van der Waals surface area contributed by atoms with Crippen molar-refractivity contribution < 1.29 is 9.18 Å². The van der Waals surface area contributed by atoms with Gasteiger partial charge in [0.05, 0.1) is 10.7 Å². The lowest BCUT2D eigenvalue weighted by Crippen LogP contribution is -2.13. The van der Waals surface area contributed by atoms with Crippen molar-refractivity contribution in [2.45, 2.75) is 6.92 Å². The summed E-state index contributed by atoms with van der Waals surface area (Å²) in [6.07, 6.45) is 0. The second-order valence-corrected chi connectivity index (χ2v) is 4.88. The van der Waals surface area contributed by atoms with Gasteiger partial charge < -0.3 is 5.32 Å². The third-order valence-corrected chi connectivity index (χ3v) is 3.17. The maximum atomic E-state index is 13.0. The van der Waals surface area contributed by atoms with Crippen LogP contribution in [0.3, 0.4) is 0 Å². The number of anilines is 1. The number of halogens is 3. The molecule has 2 aromatic rings. The molecule has 0 aromatic heterocycles. The molecular formula is C14H10Cl2FNO. The SMILES string of the molecule is Cc1cc(F)ccc1C(=O)Nc1cc(Cl)ccc1Cl. The van der Waals surface area contributed by atoms with Crippen LogP contribution in [0, 0.1) is 12.7 Å². The number of hydrogen-bond donors (Lipinski definition) is 1. The van der Waals surface area contributed by atoms with Crippen LogP contribution in [0.25, 0.3) is 0 Å². The fraction of sp³-hybridized carbons (Fsp3) is 0.0714. The molecule has 0 heterocycles. The molecule has 0 unspecified atom stereocenters. The van der Waals surface area contributed by atoms with Crippen LogP contribution in [0.2, 0.25) is 10.0 Å². The molecule has 0 aliphatic heterocycles. The van der Waals surface area contributed by atoms with E-state index in [1.165, 1.54) is 18.2 Å². The van der Waals surface area contributed by atoms with Crippen LogP contribution in [0.5, 0.6) is 0 Å². The highest BCUT2D eigenvalue weighted by molar-refractivity contribution is 6.35. The van der Waals surface area contributed by atoms with Crippen molar-refractivity contribution in [3.63, 3.8) is 0 Å². The van der Waals surface area contributed by atoms with Gasteiger partial charge in [-0.3, -0.25) is 4.79 Å². The number of aryl methyl sites for hydroxylation is 1. The second-order valence-electron chi connectivity index (χ2n) is 4.04. The normalized spacial score (nSPS) is 10.3. The smallest absolute Gasteiger partial charge is 0.255 e. The summed E-state index contributed by atoms with van der Waals surface area (Å²) in [4.78, 5) is 12.1. The molecule has 19 heavy (non-hydrogen) atoms. The van der Waals surface area contributed by atoms with Crippen molar-refractivity contribution in [1.29, 1.82) is 0 Å². The van der Waals surface area contributed by atoms with Gasteiger partial charge in [0, 0.05) is 10.6 Å². The van der Waals surface area contributed by atoms with E-state index < -0.39 is 0 Å². The van der Waals surface area contributed by atoms with Crippen LogP contribution in [-0.4, -0.2) is 5.91 Å². The van der Waals surface area contributed by atoms with Gasteiger partial charge >= 0.3 is 0 Å². The first kappa shape index (κ1) is 13.8. The third kappa shape index (κ3) is 3.25. The molecule has 5 heteroatoms. The van der Waals surface area contributed by atoms with Gasteiger partial charge in [-0.25, -0.2) is 4.39 Å². The summed E-state index contributed by atoms with van der Waals surface area (Å²) in [5.41, 5.74) is 1.36. The zero-order chi connectivity index (χ0) is 14.0. The summed E-state index contributed by atoms with van der Waals surface area (Å²) in [5.74, 6) is -0.739. The standard InChI is InChI=1S/C14H10Cl2FNO/c1-8-6-10(17)3-4-11(8)14(19)18-13-7-9(15)2-5-12(13)16/h2-7H,1H3,(H,18,19). The van der Waals surface area contributed by atoms with Crippen molar-refractivity contribution >= 4 is 34.8 Å². The Morgan fingerprint density at radius 3 is 2.58 bits per heavy atom. The highest BCUT2D eigenvalue weighted by Crippen LogP contribution is 2.26. The van der Waals surface area contributed by atoms with Crippen LogP contribution in [0.1, 0.15) is 15.9 Å². The molecule has 98 valence electrons. The van der Waals surface area contributed by atoms with Crippen molar-refractivity contribution in [2.24, 2.45) is 0 Å². The lowest BCUT2D eigenvalue weighted by molar-refractivity contribution is 0.102. The number of amides is 1. The average Bonchev–Trinajstić information content (AvgIpc) is 2.33. The summed E-state index contributed by atoms with van der Waals surface area (Å²) in [6, 6.07) is 8.74. The molecule has 0 aliphatic rings. The molecule has 1 N–H and O–H groups in total. The minimum absolute atomic E-state index is 0.360. The topological polar surface area (TPSA) is 29.1 Å². The summed E-state index contributed by atoms with van der Waals surface area (Å²) in [6.45, 7) is 1.66.